The van der Waals surface area contributed by atoms with Crippen LogP contribution in [0.5, 0.6) is 5.75 Å². The Morgan fingerprint density at radius 1 is 1.41 bits per heavy atom. The van der Waals surface area contributed by atoms with Gasteiger partial charge in [0.1, 0.15) is 5.69 Å². The number of benzene rings is 1. The van der Waals surface area contributed by atoms with Gasteiger partial charge in [-0.3, -0.25) is 4.68 Å². The fourth-order valence-corrected chi connectivity index (χ4v) is 3.12. The SMILES string of the molecule is CS(=O)(=O)c1nccc(-c2cn(CC=N)nc2-c2cc(O)c(F)c(Cl)c2)n1. The Morgan fingerprint density at radius 3 is 2.78 bits per heavy atom. The second-order valence-corrected chi connectivity index (χ2v) is 7.92. The summed E-state index contributed by atoms with van der Waals surface area (Å²) in [6.07, 6.45) is 4.97. The van der Waals surface area contributed by atoms with E-state index in [-0.39, 0.29) is 28.1 Å². The van der Waals surface area contributed by atoms with Gasteiger partial charge in [-0.1, -0.05) is 11.6 Å². The van der Waals surface area contributed by atoms with Crippen molar-refractivity contribution in [2.24, 2.45) is 0 Å². The van der Waals surface area contributed by atoms with Crippen molar-refractivity contribution in [2.45, 2.75) is 11.7 Å². The summed E-state index contributed by atoms with van der Waals surface area (Å²) in [5.41, 5.74) is 1.26. The molecule has 0 saturated carbocycles. The van der Waals surface area contributed by atoms with Crippen LogP contribution in [0.4, 0.5) is 4.39 Å². The van der Waals surface area contributed by atoms with Crippen LogP contribution in [0.3, 0.4) is 0 Å². The van der Waals surface area contributed by atoms with Crippen LogP contribution < -0.4 is 0 Å². The highest BCUT2D eigenvalue weighted by atomic mass is 35.5. The molecule has 8 nitrogen and oxygen atoms in total. The van der Waals surface area contributed by atoms with Gasteiger partial charge in [0.2, 0.25) is 15.0 Å². The highest BCUT2D eigenvalue weighted by Gasteiger charge is 2.19. The van der Waals surface area contributed by atoms with Crippen molar-refractivity contribution in [3.63, 3.8) is 0 Å². The molecule has 0 unspecified atom stereocenters. The van der Waals surface area contributed by atoms with Gasteiger partial charge in [-0.25, -0.2) is 22.8 Å². The molecule has 11 heteroatoms. The molecular weight excluding hydrogens is 397 g/mol. The lowest BCUT2D eigenvalue weighted by molar-refractivity contribution is 0.433. The number of rotatable bonds is 5. The number of sulfone groups is 1. The first kappa shape index (κ1) is 18.9. The van der Waals surface area contributed by atoms with E-state index in [1.807, 2.05) is 0 Å². The fourth-order valence-electron chi connectivity index (χ4n) is 2.39. The predicted octanol–water partition coefficient (Wildman–Crippen LogP) is 2.56. The van der Waals surface area contributed by atoms with Crippen molar-refractivity contribution >= 4 is 27.7 Å². The van der Waals surface area contributed by atoms with Crippen molar-refractivity contribution in [3.05, 3.63) is 41.4 Å². The van der Waals surface area contributed by atoms with Gasteiger partial charge < -0.3 is 10.5 Å². The van der Waals surface area contributed by atoms with E-state index in [2.05, 4.69) is 15.1 Å². The molecule has 3 aromatic rings. The van der Waals surface area contributed by atoms with E-state index in [4.69, 9.17) is 17.0 Å². The Balaban J connectivity index is 2.24. The maximum atomic E-state index is 13.6. The summed E-state index contributed by atoms with van der Waals surface area (Å²) in [4.78, 5) is 7.81. The topological polar surface area (TPSA) is 122 Å². The number of nitrogens with zero attached hydrogens (tertiary/aromatic N) is 4. The maximum absolute atomic E-state index is 13.6. The van der Waals surface area contributed by atoms with E-state index >= 15 is 0 Å². The van der Waals surface area contributed by atoms with E-state index in [1.165, 1.54) is 23.0 Å². The van der Waals surface area contributed by atoms with Gasteiger partial charge in [0.25, 0.3) is 0 Å². The summed E-state index contributed by atoms with van der Waals surface area (Å²) in [6, 6.07) is 3.94. The minimum atomic E-state index is -3.63. The Labute approximate surface area is 158 Å². The molecule has 0 aliphatic carbocycles. The molecule has 1 aromatic carbocycles. The molecular formula is C16H13ClFN5O3S. The molecule has 0 atom stereocenters. The molecule has 27 heavy (non-hydrogen) atoms. The fraction of sp³-hybridized carbons (Fsp3) is 0.125. The van der Waals surface area contributed by atoms with E-state index < -0.39 is 21.4 Å². The van der Waals surface area contributed by atoms with Crippen LogP contribution in [0.15, 0.2) is 35.7 Å². The molecule has 0 saturated heterocycles. The third-order valence-corrected chi connectivity index (χ3v) is 4.70. The van der Waals surface area contributed by atoms with Gasteiger partial charge in [0.05, 0.1) is 17.3 Å². The molecule has 0 spiro atoms. The highest BCUT2D eigenvalue weighted by molar-refractivity contribution is 7.90. The third-order valence-electron chi connectivity index (χ3n) is 3.56. The number of aromatic hydroxyl groups is 1. The molecule has 3 rings (SSSR count). The number of hydrogen-bond acceptors (Lipinski definition) is 7. The Bertz CT molecular complexity index is 1120. The van der Waals surface area contributed by atoms with Crippen molar-refractivity contribution in [1.82, 2.24) is 19.7 Å². The number of phenols is 1. The zero-order chi connectivity index (χ0) is 19.8. The average Bonchev–Trinajstić information content (AvgIpc) is 3.03. The van der Waals surface area contributed by atoms with E-state index in [9.17, 15) is 17.9 Å². The van der Waals surface area contributed by atoms with E-state index in [0.29, 0.717) is 11.1 Å². The van der Waals surface area contributed by atoms with Crippen LogP contribution in [0.2, 0.25) is 5.02 Å². The van der Waals surface area contributed by atoms with Crippen LogP contribution in [0, 0.1) is 11.2 Å². The van der Waals surface area contributed by atoms with Crippen molar-refractivity contribution in [2.75, 3.05) is 6.26 Å². The zero-order valence-corrected chi connectivity index (χ0v) is 15.5. The van der Waals surface area contributed by atoms with Crippen molar-refractivity contribution < 1.29 is 17.9 Å². The maximum Gasteiger partial charge on any atom is 0.247 e. The molecule has 0 aliphatic heterocycles. The van der Waals surface area contributed by atoms with Crippen LogP contribution >= 0.6 is 11.6 Å². The smallest absolute Gasteiger partial charge is 0.247 e. The van der Waals surface area contributed by atoms with Crippen molar-refractivity contribution in [1.29, 1.82) is 5.41 Å². The van der Waals surface area contributed by atoms with Gasteiger partial charge in [-0.15, -0.1) is 0 Å². The Kier molecular flexibility index (Phi) is 4.94. The van der Waals surface area contributed by atoms with Gasteiger partial charge in [-0.05, 0) is 18.2 Å². The minimum absolute atomic E-state index is 0.151. The highest BCUT2D eigenvalue weighted by Crippen LogP contribution is 2.35. The second kappa shape index (κ2) is 7.05. The quantitative estimate of drug-likeness (QED) is 0.493. The van der Waals surface area contributed by atoms with Crippen LogP contribution in [0.1, 0.15) is 0 Å². The van der Waals surface area contributed by atoms with Gasteiger partial charge in [-0.2, -0.15) is 5.10 Å². The molecule has 2 aromatic heterocycles. The van der Waals surface area contributed by atoms with Crippen LogP contribution in [-0.4, -0.2) is 45.7 Å². The largest absolute Gasteiger partial charge is 0.505 e. The van der Waals surface area contributed by atoms with Gasteiger partial charge in [0, 0.05) is 36.0 Å². The lowest BCUT2D eigenvalue weighted by Crippen LogP contribution is -2.04. The predicted molar refractivity (Wildman–Crippen MR) is 97.2 cm³/mol. The first-order valence-electron chi connectivity index (χ1n) is 7.49. The molecule has 0 aliphatic rings. The lowest BCUT2D eigenvalue weighted by Gasteiger charge is -2.06. The number of hydrogen-bond donors (Lipinski definition) is 2. The van der Waals surface area contributed by atoms with Gasteiger partial charge in [0.15, 0.2) is 11.6 Å². The third kappa shape index (κ3) is 3.81. The first-order chi connectivity index (χ1) is 12.7. The number of halogens is 2. The molecule has 2 N–H and O–H groups in total. The number of nitrogens with one attached hydrogen (secondary N) is 1. The van der Waals surface area contributed by atoms with Gasteiger partial charge >= 0.3 is 0 Å². The normalized spacial score (nSPS) is 11.5. The Morgan fingerprint density at radius 2 is 2.15 bits per heavy atom. The van der Waals surface area contributed by atoms with Crippen molar-refractivity contribution in [3.8, 4) is 28.3 Å². The zero-order valence-electron chi connectivity index (χ0n) is 13.9. The summed E-state index contributed by atoms with van der Waals surface area (Å²) >= 11 is 5.81. The number of phenolic OH excluding ortho intramolecular Hbond substituents is 1. The average molecular weight is 410 g/mol. The first-order valence-corrected chi connectivity index (χ1v) is 9.76. The summed E-state index contributed by atoms with van der Waals surface area (Å²) in [5.74, 6) is -1.60. The Hall–Kier alpha value is -2.85. The summed E-state index contributed by atoms with van der Waals surface area (Å²) in [7, 11) is -3.63. The summed E-state index contributed by atoms with van der Waals surface area (Å²) in [6.45, 7) is 0.151. The van der Waals surface area contributed by atoms with E-state index in [0.717, 1.165) is 18.5 Å². The van der Waals surface area contributed by atoms with Crippen LogP contribution in [0.25, 0.3) is 22.5 Å². The minimum Gasteiger partial charge on any atom is -0.505 e. The lowest BCUT2D eigenvalue weighted by atomic mass is 10.1. The molecule has 0 fully saturated rings. The summed E-state index contributed by atoms with van der Waals surface area (Å²) < 4.78 is 38.5. The molecule has 0 amide bonds. The van der Waals surface area contributed by atoms with Crippen LogP contribution in [-0.2, 0) is 16.4 Å². The van der Waals surface area contributed by atoms with E-state index in [1.54, 1.807) is 6.20 Å². The molecule has 140 valence electrons. The molecule has 0 radical (unpaired) electrons. The molecule has 0 bridgehead atoms. The standard InChI is InChI=1S/C16H13ClFN5O3S/c1-27(25,26)16-20-4-2-12(21-16)10-8-23(5-3-19)22-15(10)9-6-11(17)14(18)13(24)7-9/h2-4,6-8,19,24H,5H2,1H3. The monoisotopic (exact) mass is 409 g/mol. The second-order valence-electron chi connectivity index (χ2n) is 5.61. The number of aromatic nitrogens is 4. The molecule has 2 heterocycles. The summed E-state index contributed by atoms with van der Waals surface area (Å²) in [5, 5.41) is 20.6.